The Kier molecular flexibility index (Phi) is 8.22. The van der Waals surface area contributed by atoms with Gasteiger partial charge in [-0.05, 0) is 77.6 Å². The summed E-state index contributed by atoms with van der Waals surface area (Å²) in [5.74, 6) is -0.963. The fraction of sp³-hybridized carbons (Fsp3) is 0.294. The van der Waals surface area contributed by atoms with Crippen LogP contribution in [-0.4, -0.2) is 62.5 Å². The molecule has 1 aliphatic heterocycles. The second-order valence-corrected chi connectivity index (χ2v) is 14.5. The van der Waals surface area contributed by atoms with Gasteiger partial charge in [0.15, 0.2) is 9.84 Å². The highest BCUT2D eigenvalue weighted by molar-refractivity contribution is 7.92. The van der Waals surface area contributed by atoms with E-state index in [-0.39, 0.29) is 37.8 Å². The smallest absolute Gasteiger partial charge is 0.409 e. The normalized spacial score (nSPS) is 19.1. The van der Waals surface area contributed by atoms with E-state index < -0.39 is 33.1 Å². The Morgan fingerprint density at radius 3 is 2.23 bits per heavy atom. The van der Waals surface area contributed by atoms with E-state index in [4.69, 9.17) is 9.47 Å². The number of nitrogens with zero attached hydrogens (tertiary/aromatic N) is 1. The van der Waals surface area contributed by atoms with Gasteiger partial charge in [-0.2, -0.15) is 0 Å². The second-order valence-electron chi connectivity index (χ2n) is 11.0. The number of sulfone groups is 1. The average Bonchev–Trinajstić information content (AvgIpc) is 3.60. The number of amides is 1. The van der Waals surface area contributed by atoms with Gasteiger partial charge in [0.25, 0.3) is 0 Å². The Morgan fingerprint density at radius 2 is 1.59 bits per heavy atom. The van der Waals surface area contributed by atoms with E-state index in [9.17, 15) is 23.1 Å². The van der Waals surface area contributed by atoms with Crippen molar-refractivity contribution in [2.75, 3.05) is 32.1 Å². The molecule has 2 heterocycles. The maximum Gasteiger partial charge on any atom is 0.409 e. The van der Waals surface area contributed by atoms with Gasteiger partial charge in [0, 0.05) is 28.8 Å². The zero-order valence-electron chi connectivity index (χ0n) is 24.3. The second kappa shape index (κ2) is 12.1. The molecule has 0 saturated carbocycles. The molecule has 0 bridgehead atoms. The monoisotopic (exact) mass is 631 g/mol. The zero-order valence-corrected chi connectivity index (χ0v) is 25.9. The molecule has 1 aromatic heterocycles. The number of carboxylic acids is 1. The Labute approximate surface area is 260 Å². The largest absolute Gasteiger partial charge is 0.494 e. The molecule has 1 amide bonds. The Morgan fingerprint density at radius 1 is 0.932 bits per heavy atom. The summed E-state index contributed by atoms with van der Waals surface area (Å²) in [6, 6.07) is 27.1. The molecule has 8 nitrogen and oxygen atoms in total. The van der Waals surface area contributed by atoms with E-state index in [1.165, 1.54) is 16.2 Å². The highest BCUT2D eigenvalue weighted by atomic mass is 32.2. The van der Waals surface area contributed by atoms with Crippen molar-refractivity contribution in [2.24, 2.45) is 0 Å². The Balaban J connectivity index is 1.22. The van der Waals surface area contributed by atoms with E-state index in [1.807, 2.05) is 73.7 Å². The van der Waals surface area contributed by atoms with Crippen molar-refractivity contribution in [3.05, 3.63) is 101 Å². The third kappa shape index (κ3) is 5.48. The molecule has 1 atom stereocenters. The molecule has 1 fully saturated rings. The minimum atomic E-state index is -3.97. The molecular formula is C34H33NO7S2. The molecule has 10 heteroatoms. The summed E-state index contributed by atoms with van der Waals surface area (Å²) in [6.07, 6.45) is -1.24. The van der Waals surface area contributed by atoms with Crippen molar-refractivity contribution in [1.29, 1.82) is 0 Å². The van der Waals surface area contributed by atoms with Crippen LogP contribution in [0.4, 0.5) is 4.79 Å². The predicted octanol–water partition coefficient (Wildman–Crippen LogP) is 6.55. The SMILES string of the molecule is CCOc1ccc(-c2ccc(C3(CC(=O)O)CCN(C(=O)OCC4c5ccccc5-c5ccccc54)CCS3(=O)=O)s2)cc1. The number of benzene rings is 3. The number of fused-ring (bicyclic) bond motifs is 3. The van der Waals surface area contributed by atoms with Gasteiger partial charge in [0.1, 0.15) is 17.1 Å². The fourth-order valence-electron chi connectivity index (χ4n) is 6.30. The quantitative estimate of drug-likeness (QED) is 0.235. The molecule has 0 spiro atoms. The summed E-state index contributed by atoms with van der Waals surface area (Å²) < 4.78 is 37.4. The van der Waals surface area contributed by atoms with Crippen LogP contribution >= 0.6 is 11.3 Å². The minimum absolute atomic E-state index is 0.0466. The summed E-state index contributed by atoms with van der Waals surface area (Å²) in [6.45, 7) is 2.55. The van der Waals surface area contributed by atoms with Crippen LogP contribution in [0.25, 0.3) is 21.6 Å². The molecule has 1 saturated heterocycles. The fourth-order valence-corrected chi connectivity index (χ4v) is 9.90. The van der Waals surface area contributed by atoms with Crippen LogP contribution in [0.2, 0.25) is 0 Å². The lowest BCUT2D eigenvalue weighted by molar-refractivity contribution is -0.137. The van der Waals surface area contributed by atoms with Gasteiger partial charge in [-0.25, -0.2) is 13.2 Å². The number of carbonyl (C=O) groups is 2. The highest BCUT2D eigenvalue weighted by Gasteiger charge is 2.50. The molecule has 44 heavy (non-hydrogen) atoms. The van der Waals surface area contributed by atoms with Crippen LogP contribution in [0, 0.1) is 0 Å². The molecule has 1 aliphatic carbocycles. The third-order valence-corrected chi connectivity index (χ3v) is 12.5. The van der Waals surface area contributed by atoms with Gasteiger partial charge < -0.3 is 19.5 Å². The molecule has 4 aromatic rings. The first kappa shape index (κ1) is 29.9. The number of ether oxygens (including phenoxy) is 2. The Hall–Kier alpha value is -4.15. The van der Waals surface area contributed by atoms with Crippen molar-refractivity contribution in [1.82, 2.24) is 4.90 Å². The molecule has 0 radical (unpaired) electrons. The van der Waals surface area contributed by atoms with Crippen LogP contribution in [0.5, 0.6) is 5.75 Å². The molecular weight excluding hydrogens is 599 g/mol. The lowest BCUT2D eigenvalue weighted by Crippen LogP contribution is -2.39. The summed E-state index contributed by atoms with van der Waals surface area (Å²) in [7, 11) is -3.97. The maximum atomic E-state index is 13.9. The summed E-state index contributed by atoms with van der Waals surface area (Å²) in [5.41, 5.74) is 5.28. The topological polar surface area (TPSA) is 110 Å². The lowest BCUT2D eigenvalue weighted by Gasteiger charge is -2.29. The summed E-state index contributed by atoms with van der Waals surface area (Å²) in [4.78, 5) is 28.1. The first-order chi connectivity index (χ1) is 21.2. The van der Waals surface area contributed by atoms with Gasteiger partial charge in [-0.3, -0.25) is 4.79 Å². The lowest BCUT2D eigenvalue weighted by atomic mass is 9.97. The standard InChI is InChI=1S/C34H33NO7S2/c1-2-41-24-13-11-23(12-14-24)30-15-16-31(43-30)34(21-32(36)37)17-18-35(19-20-44(34,39)40)33(38)42-22-29-27-9-5-3-7-25(27)26-8-4-6-10-28(26)29/h3-16,29H,2,17-22H2,1H3,(H,36,37). The average molecular weight is 632 g/mol. The van der Waals surface area contributed by atoms with E-state index in [0.29, 0.717) is 11.5 Å². The van der Waals surface area contributed by atoms with Gasteiger partial charge in [-0.1, -0.05) is 48.5 Å². The van der Waals surface area contributed by atoms with Crippen LogP contribution in [0.3, 0.4) is 0 Å². The van der Waals surface area contributed by atoms with E-state index in [0.717, 1.165) is 38.4 Å². The van der Waals surface area contributed by atoms with Crippen LogP contribution in [-0.2, 0) is 24.1 Å². The number of hydrogen-bond acceptors (Lipinski definition) is 7. The van der Waals surface area contributed by atoms with Crippen molar-refractivity contribution in [3.8, 4) is 27.3 Å². The molecule has 6 rings (SSSR count). The van der Waals surface area contributed by atoms with Gasteiger partial charge in [0.2, 0.25) is 0 Å². The first-order valence-corrected chi connectivity index (χ1v) is 17.1. The van der Waals surface area contributed by atoms with Gasteiger partial charge in [-0.15, -0.1) is 11.3 Å². The van der Waals surface area contributed by atoms with E-state index >= 15 is 0 Å². The number of carboxylic acid groups (broad SMARTS) is 1. The molecule has 3 aromatic carbocycles. The molecule has 1 unspecified atom stereocenters. The van der Waals surface area contributed by atoms with Crippen molar-refractivity contribution in [3.63, 3.8) is 0 Å². The van der Waals surface area contributed by atoms with Crippen molar-refractivity contribution >= 4 is 33.2 Å². The highest BCUT2D eigenvalue weighted by Crippen LogP contribution is 2.46. The number of thiophene rings is 1. The number of carbonyl (C=O) groups excluding carboxylic acids is 1. The number of aliphatic carboxylic acids is 1. The number of rotatable bonds is 8. The van der Waals surface area contributed by atoms with E-state index in [2.05, 4.69) is 12.1 Å². The van der Waals surface area contributed by atoms with Gasteiger partial charge in [0.05, 0.1) is 18.8 Å². The predicted molar refractivity (Wildman–Crippen MR) is 170 cm³/mol. The summed E-state index contributed by atoms with van der Waals surface area (Å²) >= 11 is 1.27. The summed E-state index contributed by atoms with van der Waals surface area (Å²) in [5, 5.41) is 9.88. The van der Waals surface area contributed by atoms with Crippen molar-refractivity contribution in [2.45, 2.75) is 30.4 Å². The molecule has 1 N–H and O–H groups in total. The van der Waals surface area contributed by atoms with Gasteiger partial charge >= 0.3 is 12.1 Å². The van der Waals surface area contributed by atoms with Crippen LogP contribution < -0.4 is 4.74 Å². The minimum Gasteiger partial charge on any atom is -0.494 e. The zero-order chi connectivity index (χ0) is 30.9. The third-order valence-electron chi connectivity index (χ3n) is 8.55. The van der Waals surface area contributed by atoms with E-state index in [1.54, 1.807) is 6.07 Å². The first-order valence-electron chi connectivity index (χ1n) is 14.6. The molecule has 228 valence electrons. The Bertz CT molecular complexity index is 1750. The van der Waals surface area contributed by atoms with Crippen molar-refractivity contribution < 1.29 is 32.6 Å². The number of hydrogen-bond donors (Lipinski definition) is 1. The van der Waals surface area contributed by atoms with Crippen LogP contribution in [0.1, 0.15) is 41.7 Å². The molecule has 2 aliphatic rings. The van der Waals surface area contributed by atoms with Crippen LogP contribution in [0.15, 0.2) is 84.9 Å². The maximum absolute atomic E-state index is 13.9.